The van der Waals surface area contributed by atoms with Crippen LogP contribution in [-0.2, 0) is 6.42 Å². The molecule has 1 nitrogen and oxygen atoms in total. The second-order valence-electron chi connectivity index (χ2n) is 6.44. The lowest BCUT2D eigenvalue weighted by Crippen LogP contribution is -2.33. The molecule has 2 unspecified atom stereocenters. The van der Waals surface area contributed by atoms with Gasteiger partial charge in [-0.15, -0.1) is 0 Å². The summed E-state index contributed by atoms with van der Waals surface area (Å²) in [5.74, 6) is 0.260. The molecule has 1 aromatic carbocycles. The van der Waals surface area contributed by atoms with E-state index in [1.54, 1.807) is 6.07 Å². The van der Waals surface area contributed by atoms with Crippen molar-refractivity contribution in [1.29, 1.82) is 0 Å². The molecule has 1 N–H and O–H groups in total. The van der Waals surface area contributed by atoms with Gasteiger partial charge in [0.2, 0.25) is 0 Å². The average Bonchev–Trinajstić information content (AvgIpc) is 2.31. The Morgan fingerprint density at radius 2 is 1.95 bits per heavy atom. The Kier molecular flexibility index (Phi) is 5.82. The smallest absolute Gasteiger partial charge is 0.141 e. The predicted octanol–water partition coefficient (Wildman–Crippen LogP) is 4.68. The second-order valence-corrected chi connectivity index (χ2v) is 6.85. The molecule has 0 aliphatic carbocycles. The Morgan fingerprint density at radius 1 is 1.32 bits per heavy atom. The zero-order valence-corrected chi connectivity index (χ0v) is 13.3. The second kappa shape index (κ2) is 6.71. The standard InChI is InChI=1S/C16H25ClFN/c1-11(16(2,3)4)8-13(19-5)9-12-6-7-15(18)14(17)10-12/h6-7,10-11,13,19H,8-9H2,1-5H3. The monoisotopic (exact) mass is 285 g/mol. The predicted molar refractivity (Wildman–Crippen MR) is 81.2 cm³/mol. The maximum atomic E-state index is 13.1. The molecule has 108 valence electrons. The minimum atomic E-state index is -0.352. The van der Waals surface area contributed by atoms with Crippen molar-refractivity contribution in [2.24, 2.45) is 11.3 Å². The van der Waals surface area contributed by atoms with Crippen LogP contribution in [0.15, 0.2) is 18.2 Å². The highest BCUT2D eigenvalue weighted by atomic mass is 35.5. The molecule has 0 aromatic heterocycles. The fourth-order valence-corrected chi connectivity index (χ4v) is 2.24. The number of nitrogens with one attached hydrogen (secondary N) is 1. The summed E-state index contributed by atoms with van der Waals surface area (Å²) in [5, 5.41) is 3.56. The molecule has 0 amide bonds. The zero-order chi connectivity index (χ0) is 14.6. The van der Waals surface area contributed by atoms with E-state index >= 15 is 0 Å². The van der Waals surface area contributed by atoms with Crippen molar-refractivity contribution in [2.75, 3.05) is 7.05 Å². The van der Waals surface area contributed by atoms with E-state index in [-0.39, 0.29) is 10.8 Å². The summed E-state index contributed by atoms with van der Waals surface area (Å²) >= 11 is 5.82. The molecule has 1 aromatic rings. The molecule has 0 saturated heterocycles. The first-order valence-corrected chi connectivity index (χ1v) is 7.23. The van der Waals surface area contributed by atoms with Gasteiger partial charge in [-0.25, -0.2) is 4.39 Å². The average molecular weight is 286 g/mol. The fraction of sp³-hybridized carbons (Fsp3) is 0.625. The highest BCUT2D eigenvalue weighted by Gasteiger charge is 2.23. The van der Waals surface area contributed by atoms with Gasteiger partial charge in [-0.1, -0.05) is 45.4 Å². The van der Waals surface area contributed by atoms with Crippen molar-refractivity contribution < 1.29 is 4.39 Å². The van der Waals surface area contributed by atoms with Crippen LogP contribution in [0.2, 0.25) is 5.02 Å². The van der Waals surface area contributed by atoms with Crippen LogP contribution in [0.3, 0.4) is 0 Å². The van der Waals surface area contributed by atoms with Crippen molar-refractivity contribution in [1.82, 2.24) is 5.32 Å². The molecule has 2 atom stereocenters. The maximum Gasteiger partial charge on any atom is 0.141 e. The summed E-state index contributed by atoms with van der Waals surface area (Å²) in [6, 6.07) is 5.36. The lowest BCUT2D eigenvalue weighted by atomic mass is 9.78. The Morgan fingerprint density at radius 3 is 2.42 bits per heavy atom. The van der Waals surface area contributed by atoms with Crippen molar-refractivity contribution >= 4 is 11.6 Å². The minimum Gasteiger partial charge on any atom is -0.317 e. The third-order valence-corrected chi connectivity index (χ3v) is 4.28. The number of benzene rings is 1. The van der Waals surface area contributed by atoms with Gasteiger partial charge in [0.05, 0.1) is 5.02 Å². The third kappa shape index (κ3) is 5.12. The van der Waals surface area contributed by atoms with E-state index in [9.17, 15) is 4.39 Å². The molecule has 0 radical (unpaired) electrons. The van der Waals surface area contributed by atoms with Gasteiger partial charge in [0.25, 0.3) is 0 Å². The molecule has 0 aliphatic rings. The topological polar surface area (TPSA) is 12.0 Å². The highest BCUT2D eigenvalue weighted by molar-refractivity contribution is 6.30. The maximum absolute atomic E-state index is 13.1. The van der Waals surface area contributed by atoms with E-state index in [1.165, 1.54) is 6.07 Å². The van der Waals surface area contributed by atoms with Gasteiger partial charge in [-0.05, 0) is 48.9 Å². The van der Waals surface area contributed by atoms with Crippen LogP contribution in [0.4, 0.5) is 4.39 Å². The number of hydrogen-bond donors (Lipinski definition) is 1. The van der Waals surface area contributed by atoms with Crippen molar-refractivity contribution in [2.45, 2.75) is 46.6 Å². The molecule has 0 fully saturated rings. The highest BCUT2D eigenvalue weighted by Crippen LogP contribution is 2.29. The molecule has 0 heterocycles. The molecular weight excluding hydrogens is 261 g/mol. The van der Waals surface area contributed by atoms with E-state index in [4.69, 9.17) is 11.6 Å². The molecular formula is C16H25ClFN. The van der Waals surface area contributed by atoms with Gasteiger partial charge in [-0.2, -0.15) is 0 Å². The SMILES string of the molecule is CNC(Cc1ccc(F)c(Cl)c1)CC(C)C(C)(C)C. The minimum absolute atomic E-state index is 0.205. The van der Waals surface area contributed by atoms with Gasteiger partial charge >= 0.3 is 0 Å². The van der Waals surface area contributed by atoms with Gasteiger partial charge in [0, 0.05) is 6.04 Å². The van der Waals surface area contributed by atoms with Crippen LogP contribution in [-0.4, -0.2) is 13.1 Å². The molecule has 0 aliphatic heterocycles. The lowest BCUT2D eigenvalue weighted by molar-refractivity contribution is 0.225. The first-order chi connectivity index (χ1) is 8.74. The molecule has 0 saturated carbocycles. The van der Waals surface area contributed by atoms with E-state index in [0.717, 1.165) is 18.4 Å². The molecule has 0 bridgehead atoms. The van der Waals surface area contributed by atoms with Gasteiger partial charge in [0.15, 0.2) is 0 Å². The van der Waals surface area contributed by atoms with Crippen LogP contribution >= 0.6 is 11.6 Å². The van der Waals surface area contributed by atoms with Crippen LogP contribution in [0.5, 0.6) is 0 Å². The summed E-state index contributed by atoms with van der Waals surface area (Å²) in [7, 11) is 1.98. The van der Waals surface area contributed by atoms with Crippen LogP contribution in [0.25, 0.3) is 0 Å². The van der Waals surface area contributed by atoms with Crippen LogP contribution in [0.1, 0.15) is 39.7 Å². The molecule has 3 heteroatoms. The Balaban J connectivity index is 2.69. The van der Waals surface area contributed by atoms with Gasteiger partial charge < -0.3 is 5.32 Å². The largest absolute Gasteiger partial charge is 0.317 e. The normalized spacial score (nSPS) is 15.3. The van der Waals surface area contributed by atoms with E-state index in [2.05, 4.69) is 33.0 Å². The van der Waals surface area contributed by atoms with Crippen molar-refractivity contribution in [3.8, 4) is 0 Å². The van der Waals surface area contributed by atoms with Crippen LogP contribution < -0.4 is 5.32 Å². The molecule has 1 rings (SSSR count). The van der Waals surface area contributed by atoms with Gasteiger partial charge in [0.1, 0.15) is 5.82 Å². The summed E-state index contributed by atoms with van der Waals surface area (Å²) in [6.45, 7) is 9.07. The fourth-order valence-electron chi connectivity index (χ4n) is 2.03. The Labute approximate surface area is 121 Å². The van der Waals surface area contributed by atoms with Crippen molar-refractivity contribution in [3.63, 3.8) is 0 Å². The summed E-state index contributed by atoms with van der Waals surface area (Å²) < 4.78 is 13.1. The first kappa shape index (κ1) is 16.5. The summed E-state index contributed by atoms with van der Waals surface area (Å²) in [5.41, 5.74) is 1.38. The number of rotatable bonds is 5. The lowest BCUT2D eigenvalue weighted by Gasteiger charge is -2.30. The number of likely N-dealkylation sites (N-methyl/N-ethyl adjacent to an activating group) is 1. The van der Waals surface area contributed by atoms with Gasteiger partial charge in [-0.3, -0.25) is 0 Å². The van der Waals surface area contributed by atoms with Crippen LogP contribution in [0, 0.1) is 17.2 Å². The zero-order valence-electron chi connectivity index (χ0n) is 12.6. The first-order valence-electron chi connectivity index (χ1n) is 6.85. The number of hydrogen-bond acceptors (Lipinski definition) is 1. The van der Waals surface area contributed by atoms with Crippen molar-refractivity contribution in [3.05, 3.63) is 34.6 Å². The van der Waals surface area contributed by atoms with E-state index < -0.39 is 0 Å². The number of halogens is 2. The quantitative estimate of drug-likeness (QED) is 0.828. The Hall–Kier alpha value is -0.600. The van der Waals surface area contributed by atoms with E-state index in [1.807, 2.05) is 13.1 Å². The summed E-state index contributed by atoms with van der Waals surface area (Å²) in [4.78, 5) is 0. The Bertz CT molecular complexity index is 412. The summed E-state index contributed by atoms with van der Waals surface area (Å²) in [6.07, 6.45) is 1.96. The van der Waals surface area contributed by atoms with E-state index in [0.29, 0.717) is 17.4 Å². The molecule has 19 heavy (non-hydrogen) atoms. The third-order valence-electron chi connectivity index (χ3n) is 3.99. The molecule has 0 spiro atoms.